The van der Waals surface area contributed by atoms with Gasteiger partial charge in [0.05, 0.1) is 6.54 Å². The fraction of sp³-hybridized carbons (Fsp3) is 0.714. The first-order chi connectivity index (χ1) is 13.2. The molecule has 3 heterocycles. The highest BCUT2D eigenvalue weighted by molar-refractivity contribution is 7.07. The van der Waals surface area contributed by atoms with Crippen LogP contribution in [0.3, 0.4) is 0 Å². The molecule has 6 heteroatoms. The van der Waals surface area contributed by atoms with Gasteiger partial charge in [0.2, 0.25) is 11.8 Å². The van der Waals surface area contributed by atoms with E-state index in [0.29, 0.717) is 24.4 Å². The second-order valence-electron chi connectivity index (χ2n) is 8.47. The third-order valence-electron chi connectivity index (χ3n) is 6.62. The summed E-state index contributed by atoms with van der Waals surface area (Å²) in [4.78, 5) is 29.7. The zero-order valence-electron chi connectivity index (χ0n) is 16.1. The number of amides is 2. The number of carbonyl (C=O) groups excluding carboxylic acids is 2. The summed E-state index contributed by atoms with van der Waals surface area (Å²) in [6, 6.07) is 2.46. The van der Waals surface area contributed by atoms with E-state index in [4.69, 9.17) is 0 Å². The lowest BCUT2D eigenvalue weighted by atomic mass is 9.93. The molecule has 3 fully saturated rings. The summed E-state index contributed by atoms with van der Waals surface area (Å²) in [6.07, 6.45) is 8.31. The molecule has 4 rings (SSSR count). The minimum atomic E-state index is 0.135. The van der Waals surface area contributed by atoms with E-state index in [1.54, 1.807) is 11.3 Å². The van der Waals surface area contributed by atoms with E-state index in [0.717, 1.165) is 64.6 Å². The molecule has 1 unspecified atom stereocenters. The molecule has 2 saturated heterocycles. The van der Waals surface area contributed by atoms with Crippen molar-refractivity contribution < 1.29 is 9.59 Å². The predicted octanol–water partition coefficient (Wildman–Crippen LogP) is 3.01. The Morgan fingerprint density at radius 2 is 2.07 bits per heavy atom. The van der Waals surface area contributed by atoms with Crippen molar-refractivity contribution in [3.05, 3.63) is 22.4 Å². The van der Waals surface area contributed by atoms with Gasteiger partial charge in [-0.3, -0.25) is 9.59 Å². The number of rotatable bonds is 5. The van der Waals surface area contributed by atoms with Crippen LogP contribution in [0.4, 0.5) is 0 Å². The smallest absolute Gasteiger partial charge is 0.242 e. The molecule has 27 heavy (non-hydrogen) atoms. The van der Waals surface area contributed by atoms with Gasteiger partial charge in [-0.2, -0.15) is 11.3 Å². The summed E-state index contributed by atoms with van der Waals surface area (Å²) in [5, 5.41) is 7.66. The lowest BCUT2D eigenvalue weighted by Crippen LogP contribution is -2.46. The molecular weight excluding hydrogens is 358 g/mol. The Morgan fingerprint density at radius 1 is 1.26 bits per heavy atom. The van der Waals surface area contributed by atoms with Crippen molar-refractivity contribution in [1.29, 1.82) is 0 Å². The molecule has 1 N–H and O–H groups in total. The molecule has 1 aromatic heterocycles. The molecule has 3 aliphatic rings. The van der Waals surface area contributed by atoms with E-state index in [1.165, 1.54) is 5.56 Å². The van der Waals surface area contributed by atoms with Crippen LogP contribution in [-0.4, -0.2) is 53.8 Å². The molecule has 1 aliphatic carbocycles. The van der Waals surface area contributed by atoms with Crippen LogP contribution in [0.5, 0.6) is 0 Å². The average Bonchev–Trinajstić information content (AvgIpc) is 3.09. The molecule has 2 aliphatic heterocycles. The Morgan fingerprint density at radius 3 is 2.85 bits per heavy atom. The number of thiophene rings is 1. The van der Waals surface area contributed by atoms with E-state index in [1.807, 2.05) is 4.90 Å². The quantitative estimate of drug-likeness (QED) is 0.842. The molecule has 1 aromatic rings. The maximum atomic E-state index is 13.3. The van der Waals surface area contributed by atoms with E-state index in [2.05, 4.69) is 27.0 Å². The number of carbonyl (C=O) groups is 2. The van der Waals surface area contributed by atoms with Crippen LogP contribution < -0.4 is 5.32 Å². The van der Waals surface area contributed by atoms with E-state index in [9.17, 15) is 9.59 Å². The molecule has 1 saturated carbocycles. The van der Waals surface area contributed by atoms with E-state index >= 15 is 0 Å². The Hall–Kier alpha value is -1.40. The van der Waals surface area contributed by atoms with Gasteiger partial charge in [-0.1, -0.05) is 12.8 Å². The van der Waals surface area contributed by atoms with Gasteiger partial charge in [0.1, 0.15) is 0 Å². The van der Waals surface area contributed by atoms with Crippen molar-refractivity contribution in [1.82, 2.24) is 15.1 Å². The third kappa shape index (κ3) is 4.37. The highest BCUT2D eigenvalue weighted by Gasteiger charge is 2.57. The lowest BCUT2D eigenvalue weighted by molar-refractivity contribution is -0.142. The van der Waals surface area contributed by atoms with Crippen LogP contribution in [0.15, 0.2) is 16.8 Å². The van der Waals surface area contributed by atoms with Gasteiger partial charge in [0.25, 0.3) is 0 Å². The SMILES string of the molecule is O=C1CCCCCCN1CC(=O)N(Cc1ccsc1)C1CC12CCNCC2. The van der Waals surface area contributed by atoms with Crippen molar-refractivity contribution in [2.45, 2.75) is 64.0 Å². The number of hydrogen-bond acceptors (Lipinski definition) is 4. The Kier molecular flexibility index (Phi) is 5.83. The van der Waals surface area contributed by atoms with Crippen molar-refractivity contribution in [3.63, 3.8) is 0 Å². The molecule has 2 amide bonds. The van der Waals surface area contributed by atoms with Crippen LogP contribution in [0.25, 0.3) is 0 Å². The van der Waals surface area contributed by atoms with E-state index < -0.39 is 0 Å². The standard InChI is InChI=1S/C21H31N3O2S/c25-19-5-3-1-2-4-11-23(19)15-20(26)24(14-17-6-12-27-16-17)18-13-21(18)7-9-22-10-8-21/h6,12,16,18,22H,1-5,7-11,13-15H2. The van der Waals surface area contributed by atoms with Crippen LogP contribution in [0.1, 0.15) is 56.9 Å². The van der Waals surface area contributed by atoms with Gasteiger partial charge < -0.3 is 15.1 Å². The first kappa shape index (κ1) is 18.9. The summed E-state index contributed by atoms with van der Waals surface area (Å²) in [6.45, 7) is 3.79. The summed E-state index contributed by atoms with van der Waals surface area (Å²) in [5.41, 5.74) is 1.53. The number of nitrogens with one attached hydrogen (secondary N) is 1. The summed E-state index contributed by atoms with van der Waals surface area (Å²) in [7, 11) is 0. The van der Waals surface area contributed by atoms with Crippen molar-refractivity contribution in [2.24, 2.45) is 5.41 Å². The zero-order chi connectivity index (χ0) is 18.7. The second-order valence-corrected chi connectivity index (χ2v) is 9.25. The summed E-state index contributed by atoms with van der Waals surface area (Å²) >= 11 is 1.68. The Balaban J connectivity index is 1.46. The van der Waals surface area contributed by atoms with Crippen LogP contribution in [0.2, 0.25) is 0 Å². The monoisotopic (exact) mass is 389 g/mol. The van der Waals surface area contributed by atoms with Gasteiger partial charge in [-0.05, 0) is 73.0 Å². The summed E-state index contributed by atoms with van der Waals surface area (Å²) in [5.74, 6) is 0.293. The lowest BCUT2D eigenvalue weighted by Gasteiger charge is -2.32. The fourth-order valence-electron chi connectivity index (χ4n) is 4.82. The van der Waals surface area contributed by atoms with Crippen LogP contribution >= 0.6 is 11.3 Å². The van der Waals surface area contributed by atoms with Gasteiger partial charge in [-0.25, -0.2) is 0 Å². The predicted molar refractivity (Wildman–Crippen MR) is 107 cm³/mol. The van der Waals surface area contributed by atoms with Crippen molar-refractivity contribution in [3.8, 4) is 0 Å². The van der Waals surface area contributed by atoms with Gasteiger partial charge in [-0.15, -0.1) is 0 Å². The van der Waals surface area contributed by atoms with E-state index in [-0.39, 0.29) is 18.4 Å². The highest BCUT2D eigenvalue weighted by atomic mass is 32.1. The van der Waals surface area contributed by atoms with Crippen molar-refractivity contribution in [2.75, 3.05) is 26.2 Å². The first-order valence-electron chi connectivity index (χ1n) is 10.5. The number of piperidine rings is 1. The average molecular weight is 390 g/mol. The zero-order valence-corrected chi connectivity index (χ0v) is 16.9. The molecule has 0 aromatic carbocycles. The first-order valence-corrected chi connectivity index (χ1v) is 11.4. The van der Waals surface area contributed by atoms with Crippen molar-refractivity contribution >= 4 is 23.2 Å². The Bertz CT molecular complexity index is 654. The normalized spacial score (nSPS) is 25.1. The third-order valence-corrected chi connectivity index (χ3v) is 7.36. The molecule has 148 valence electrons. The summed E-state index contributed by atoms with van der Waals surface area (Å²) < 4.78 is 0. The van der Waals surface area contributed by atoms with Gasteiger partial charge >= 0.3 is 0 Å². The number of likely N-dealkylation sites (tertiary alicyclic amines) is 1. The van der Waals surface area contributed by atoms with Crippen LogP contribution in [-0.2, 0) is 16.1 Å². The fourth-order valence-corrected chi connectivity index (χ4v) is 5.48. The maximum Gasteiger partial charge on any atom is 0.242 e. The van der Waals surface area contributed by atoms with Crippen LogP contribution in [0, 0.1) is 5.41 Å². The van der Waals surface area contributed by atoms with Gasteiger partial charge in [0.15, 0.2) is 0 Å². The Labute approximate surface area is 166 Å². The molecule has 1 atom stereocenters. The molecule has 1 spiro atoms. The largest absolute Gasteiger partial charge is 0.333 e. The number of nitrogens with zero attached hydrogens (tertiary/aromatic N) is 2. The molecule has 0 radical (unpaired) electrons. The maximum absolute atomic E-state index is 13.3. The highest BCUT2D eigenvalue weighted by Crippen LogP contribution is 2.56. The second kappa shape index (κ2) is 8.31. The minimum absolute atomic E-state index is 0.135. The topological polar surface area (TPSA) is 52.7 Å². The molecular formula is C21H31N3O2S. The van der Waals surface area contributed by atoms with Gasteiger partial charge in [0, 0.05) is 25.6 Å². The molecule has 0 bridgehead atoms. The number of hydrogen-bond donors (Lipinski definition) is 1. The molecule has 5 nitrogen and oxygen atoms in total. The minimum Gasteiger partial charge on any atom is -0.333 e.